The van der Waals surface area contributed by atoms with E-state index in [9.17, 15) is 4.39 Å². The van der Waals surface area contributed by atoms with Crippen molar-refractivity contribution in [2.24, 2.45) is 5.41 Å². The van der Waals surface area contributed by atoms with E-state index in [1.807, 2.05) is 12.1 Å². The zero-order chi connectivity index (χ0) is 13.5. The van der Waals surface area contributed by atoms with Crippen molar-refractivity contribution in [2.75, 3.05) is 33.2 Å². The molecule has 4 heteroatoms. The Morgan fingerprint density at radius 1 is 1.26 bits per heavy atom. The van der Waals surface area contributed by atoms with Gasteiger partial charge in [-0.25, -0.2) is 4.39 Å². The lowest BCUT2D eigenvalue weighted by Gasteiger charge is -2.54. The molecule has 0 bridgehead atoms. The molecule has 0 amide bonds. The highest BCUT2D eigenvalue weighted by atomic mass is 79.9. The van der Waals surface area contributed by atoms with Crippen molar-refractivity contribution >= 4 is 15.9 Å². The van der Waals surface area contributed by atoms with Crippen LogP contribution in [0.1, 0.15) is 18.4 Å². The van der Waals surface area contributed by atoms with Crippen molar-refractivity contribution in [3.63, 3.8) is 0 Å². The fraction of sp³-hybridized carbons (Fsp3) is 0.600. The first-order chi connectivity index (χ1) is 9.06. The Kier molecular flexibility index (Phi) is 3.67. The molecule has 0 atom stereocenters. The van der Waals surface area contributed by atoms with Gasteiger partial charge < -0.3 is 4.90 Å². The second kappa shape index (κ2) is 5.15. The minimum atomic E-state index is -0.181. The van der Waals surface area contributed by atoms with Gasteiger partial charge in [-0.2, -0.15) is 0 Å². The van der Waals surface area contributed by atoms with E-state index in [0.29, 0.717) is 9.89 Å². The van der Waals surface area contributed by atoms with Gasteiger partial charge in [0.2, 0.25) is 0 Å². The Balaban J connectivity index is 1.55. The fourth-order valence-electron chi connectivity index (χ4n) is 3.32. The van der Waals surface area contributed by atoms with E-state index in [1.165, 1.54) is 44.6 Å². The van der Waals surface area contributed by atoms with Crippen LogP contribution in [-0.2, 0) is 6.54 Å². The van der Waals surface area contributed by atoms with Crippen molar-refractivity contribution < 1.29 is 4.39 Å². The molecule has 0 aromatic heterocycles. The van der Waals surface area contributed by atoms with Crippen LogP contribution >= 0.6 is 15.9 Å². The average Bonchev–Trinajstić information content (AvgIpc) is 2.35. The van der Waals surface area contributed by atoms with Crippen LogP contribution in [0.4, 0.5) is 4.39 Å². The Morgan fingerprint density at radius 3 is 2.58 bits per heavy atom. The molecule has 2 fully saturated rings. The van der Waals surface area contributed by atoms with E-state index in [2.05, 4.69) is 32.8 Å². The van der Waals surface area contributed by atoms with Crippen LogP contribution in [-0.4, -0.2) is 43.0 Å². The van der Waals surface area contributed by atoms with Crippen LogP contribution in [0.5, 0.6) is 0 Å². The van der Waals surface area contributed by atoms with E-state index in [4.69, 9.17) is 0 Å². The molecule has 1 aromatic carbocycles. The molecule has 0 N–H and O–H groups in total. The molecule has 2 aliphatic heterocycles. The fourth-order valence-corrected chi connectivity index (χ4v) is 3.75. The summed E-state index contributed by atoms with van der Waals surface area (Å²) < 4.78 is 13.8. The highest BCUT2D eigenvalue weighted by Crippen LogP contribution is 2.40. The molecule has 0 unspecified atom stereocenters. The summed E-state index contributed by atoms with van der Waals surface area (Å²) >= 11 is 3.25. The molecule has 104 valence electrons. The van der Waals surface area contributed by atoms with Gasteiger partial charge in [0, 0.05) is 19.6 Å². The number of piperidine rings is 1. The minimum absolute atomic E-state index is 0.181. The van der Waals surface area contributed by atoms with E-state index < -0.39 is 0 Å². The Hall–Kier alpha value is -0.450. The highest BCUT2D eigenvalue weighted by Gasteiger charge is 2.43. The third kappa shape index (κ3) is 2.86. The van der Waals surface area contributed by atoms with Crippen LogP contribution in [0.2, 0.25) is 0 Å². The molecule has 2 nitrogen and oxygen atoms in total. The smallest absolute Gasteiger partial charge is 0.137 e. The standard InChI is InChI=1S/C15H20BrFN2/c1-18-6-4-15(5-7-18)10-19(11-15)9-12-2-3-14(17)13(16)8-12/h2-3,8H,4-7,9-11H2,1H3. The second-order valence-corrected chi connectivity index (χ2v) is 7.05. The van der Waals surface area contributed by atoms with E-state index in [-0.39, 0.29) is 5.82 Å². The van der Waals surface area contributed by atoms with Gasteiger partial charge in [0.25, 0.3) is 0 Å². The zero-order valence-electron chi connectivity index (χ0n) is 11.3. The van der Waals surface area contributed by atoms with Crippen LogP contribution < -0.4 is 0 Å². The summed E-state index contributed by atoms with van der Waals surface area (Å²) in [5.41, 5.74) is 1.76. The van der Waals surface area contributed by atoms with Gasteiger partial charge in [-0.1, -0.05) is 6.07 Å². The molecule has 0 saturated carbocycles. The van der Waals surface area contributed by atoms with Gasteiger partial charge in [0.05, 0.1) is 4.47 Å². The third-order valence-electron chi connectivity index (χ3n) is 4.56. The van der Waals surface area contributed by atoms with Crippen LogP contribution in [0.3, 0.4) is 0 Å². The largest absolute Gasteiger partial charge is 0.306 e. The van der Waals surface area contributed by atoms with Gasteiger partial charge in [-0.15, -0.1) is 0 Å². The SMILES string of the molecule is CN1CCC2(CC1)CN(Cc1ccc(F)c(Br)c1)C2. The van der Waals surface area contributed by atoms with E-state index in [1.54, 1.807) is 6.07 Å². The number of halogens is 2. The van der Waals surface area contributed by atoms with Crippen molar-refractivity contribution in [2.45, 2.75) is 19.4 Å². The summed E-state index contributed by atoms with van der Waals surface area (Å²) in [5, 5.41) is 0. The molecular formula is C15H20BrFN2. The molecule has 19 heavy (non-hydrogen) atoms. The van der Waals surface area contributed by atoms with Crippen molar-refractivity contribution in [3.8, 4) is 0 Å². The number of likely N-dealkylation sites (tertiary alicyclic amines) is 2. The first-order valence-corrected chi connectivity index (χ1v) is 7.71. The lowest BCUT2D eigenvalue weighted by molar-refractivity contribution is -0.0470. The Bertz CT molecular complexity index is 461. The molecule has 2 heterocycles. The second-order valence-electron chi connectivity index (χ2n) is 6.20. The van der Waals surface area contributed by atoms with Crippen LogP contribution in [0, 0.1) is 11.2 Å². The predicted molar refractivity (Wildman–Crippen MR) is 78.5 cm³/mol. The van der Waals surface area contributed by atoms with Gasteiger partial charge in [0.15, 0.2) is 0 Å². The molecule has 2 aliphatic rings. The summed E-state index contributed by atoms with van der Waals surface area (Å²) in [4.78, 5) is 4.90. The third-order valence-corrected chi connectivity index (χ3v) is 5.16. The monoisotopic (exact) mass is 326 g/mol. The topological polar surface area (TPSA) is 6.48 Å². The maximum absolute atomic E-state index is 13.2. The molecule has 1 aromatic rings. The Labute approximate surface area is 122 Å². The summed E-state index contributed by atoms with van der Waals surface area (Å²) in [6.07, 6.45) is 2.65. The number of nitrogens with zero attached hydrogens (tertiary/aromatic N) is 2. The summed E-state index contributed by atoms with van der Waals surface area (Å²) in [5.74, 6) is -0.181. The summed E-state index contributed by atoms with van der Waals surface area (Å²) in [6, 6.07) is 5.33. The Morgan fingerprint density at radius 2 is 1.95 bits per heavy atom. The van der Waals surface area contributed by atoms with Gasteiger partial charge in [-0.05, 0) is 72.0 Å². The molecular weight excluding hydrogens is 307 g/mol. The molecule has 3 rings (SSSR count). The normalized spacial score (nSPS) is 23.5. The quantitative estimate of drug-likeness (QED) is 0.824. The van der Waals surface area contributed by atoms with Crippen LogP contribution in [0.15, 0.2) is 22.7 Å². The predicted octanol–water partition coefficient (Wildman–Crippen LogP) is 3.12. The van der Waals surface area contributed by atoms with E-state index in [0.717, 1.165) is 6.54 Å². The molecule has 0 aliphatic carbocycles. The number of hydrogen-bond acceptors (Lipinski definition) is 2. The first-order valence-electron chi connectivity index (χ1n) is 6.91. The first kappa shape index (κ1) is 13.5. The van der Waals surface area contributed by atoms with Gasteiger partial charge in [0.1, 0.15) is 5.82 Å². The summed E-state index contributed by atoms with van der Waals surface area (Å²) in [7, 11) is 2.21. The van der Waals surface area contributed by atoms with Crippen molar-refractivity contribution in [3.05, 3.63) is 34.1 Å². The number of hydrogen-bond donors (Lipinski definition) is 0. The van der Waals surface area contributed by atoms with Crippen molar-refractivity contribution in [1.29, 1.82) is 0 Å². The molecule has 0 radical (unpaired) electrons. The summed E-state index contributed by atoms with van der Waals surface area (Å²) in [6.45, 7) is 5.81. The molecule has 2 saturated heterocycles. The van der Waals surface area contributed by atoms with Gasteiger partial charge in [-0.3, -0.25) is 4.90 Å². The lowest BCUT2D eigenvalue weighted by Crippen LogP contribution is -2.59. The van der Waals surface area contributed by atoms with Crippen LogP contribution in [0.25, 0.3) is 0 Å². The minimum Gasteiger partial charge on any atom is -0.306 e. The molecule has 1 spiro atoms. The van der Waals surface area contributed by atoms with Gasteiger partial charge >= 0.3 is 0 Å². The average molecular weight is 327 g/mol. The number of rotatable bonds is 2. The lowest BCUT2D eigenvalue weighted by atomic mass is 9.72. The van der Waals surface area contributed by atoms with Crippen molar-refractivity contribution in [1.82, 2.24) is 9.80 Å². The van der Waals surface area contributed by atoms with E-state index >= 15 is 0 Å². The number of benzene rings is 1. The maximum atomic E-state index is 13.2. The maximum Gasteiger partial charge on any atom is 0.137 e. The highest BCUT2D eigenvalue weighted by molar-refractivity contribution is 9.10. The zero-order valence-corrected chi connectivity index (χ0v) is 12.9.